The van der Waals surface area contributed by atoms with Gasteiger partial charge in [-0.05, 0) is 30.7 Å². The maximum Gasteiger partial charge on any atom is 0.229 e. The molecular formula is C19H23N3O2. The fourth-order valence-electron chi connectivity index (χ4n) is 3.93. The number of rotatable bonds is 5. The molecule has 1 unspecified atom stereocenters. The molecule has 126 valence electrons. The van der Waals surface area contributed by atoms with Crippen molar-refractivity contribution in [2.45, 2.75) is 51.0 Å². The van der Waals surface area contributed by atoms with Gasteiger partial charge in [0.15, 0.2) is 5.82 Å². The molecule has 0 N–H and O–H groups in total. The van der Waals surface area contributed by atoms with Crippen LogP contribution in [-0.4, -0.2) is 27.5 Å². The Bertz CT molecular complexity index is 692. The Morgan fingerprint density at radius 3 is 2.75 bits per heavy atom. The van der Waals surface area contributed by atoms with Crippen LogP contribution in [0.15, 0.2) is 34.9 Å². The number of hydrogen-bond donors (Lipinski definition) is 0. The summed E-state index contributed by atoms with van der Waals surface area (Å²) in [5, 5.41) is 4.09. The van der Waals surface area contributed by atoms with Crippen LogP contribution in [0.5, 0.6) is 0 Å². The zero-order valence-electron chi connectivity index (χ0n) is 13.9. The van der Waals surface area contributed by atoms with Gasteiger partial charge in [-0.2, -0.15) is 4.98 Å². The van der Waals surface area contributed by atoms with Gasteiger partial charge in [0.2, 0.25) is 11.8 Å². The summed E-state index contributed by atoms with van der Waals surface area (Å²) in [6.45, 7) is 1.25. The van der Waals surface area contributed by atoms with E-state index in [9.17, 15) is 4.79 Å². The van der Waals surface area contributed by atoms with Gasteiger partial charge in [0.1, 0.15) is 0 Å². The molecule has 1 amide bonds. The molecule has 0 spiro atoms. The smallest absolute Gasteiger partial charge is 0.229 e. The van der Waals surface area contributed by atoms with Crippen molar-refractivity contribution in [1.82, 2.24) is 15.0 Å². The minimum Gasteiger partial charge on any atom is -0.339 e. The largest absolute Gasteiger partial charge is 0.339 e. The molecule has 4 rings (SSSR count). The van der Waals surface area contributed by atoms with Gasteiger partial charge in [-0.3, -0.25) is 4.79 Å². The van der Waals surface area contributed by atoms with Gasteiger partial charge >= 0.3 is 0 Å². The van der Waals surface area contributed by atoms with Crippen LogP contribution in [0.3, 0.4) is 0 Å². The molecule has 24 heavy (non-hydrogen) atoms. The summed E-state index contributed by atoms with van der Waals surface area (Å²) >= 11 is 0. The predicted molar refractivity (Wildman–Crippen MR) is 89.2 cm³/mol. The minimum absolute atomic E-state index is 0.197. The number of likely N-dealkylation sites (tertiary alicyclic amines) is 1. The average molecular weight is 325 g/mol. The summed E-state index contributed by atoms with van der Waals surface area (Å²) in [6, 6.07) is 10.4. The fraction of sp³-hybridized carbons (Fsp3) is 0.526. The van der Waals surface area contributed by atoms with Crippen LogP contribution in [0.25, 0.3) is 0 Å². The Balaban J connectivity index is 1.36. The molecule has 5 nitrogen and oxygen atoms in total. The van der Waals surface area contributed by atoms with Gasteiger partial charge in [0.05, 0.1) is 6.54 Å². The first kappa shape index (κ1) is 15.4. The van der Waals surface area contributed by atoms with E-state index in [2.05, 4.69) is 22.3 Å². The first-order valence-electron chi connectivity index (χ1n) is 8.92. The number of amides is 1. The SMILES string of the molecule is O=C1CC(Cc2ccccc2)CN1Cc1noc(C2CCCC2)n1. The van der Waals surface area contributed by atoms with E-state index in [1.165, 1.54) is 18.4 Å². The normalized spacial score (nSPS) is 21.8. The lowest BCUT2D eigenvalue weighted by molar-refractivity contribution is -0.128. The third kappa shape index (κ3) is 3.35. The molecule has 2 heterocycles. The van der Waals surface area contributed by atoms with Crippen molar-refractivity contribution in [2.75, 3.05) is 6.54 Å². The molecule has 1 aromatic heterocycles. The summed E-state index contributed by atoms with van der Waals surface area (Å²) in [5.41, 5.74) is 1.29. The molecule has 2 aromatic rings. The van der Waals surface area contributed by atoms with E-state index in [1.807, 2.05) is 23.1 Å². The van der Waals surface area contributed by atoms with Crippen LogP contribution in [-0.2, 0) is 17.8 Å². The van der Waals surface area contributed by atoms with E-state index in [4.69, 9.17) is 4.52 Å². The quantitative estimate of drug-likeness (QED) is 0.846. The number of carbonyl (C=O) groups is 1. The maximum atomic E-state index is 12.3. The Kier molecular flexibility index (Phi) is 4.32. The Labute approximate surface area is 142 Å². The van der Waals surface area contributed by atoms with Crippen LogP contribution in [0.1, 0.15) is 55.3 Å². The van der Waals surface area contributed by atoms with Gasteiger partial charge in [-0.25, -0.2) is 0 Å². The molecule has 5 heteroatoms. The molecule has 0 radical (unpaired) electrons. The zero-order chi connectivity index (χ0) is 16.4. The summed E-state index contributed by atoms with van der Waals surface area (Å²) in [4.78, 5) is 18.7. The number of nitrogens with zero attached hydrogens (tertiary/aromatic N) is 3. The second kappa shape index (κ2) is 6.75. The average Bonchev–Trinajstić information content (AvgIpc) is 3.31. The first-order chi connectivity index (χ1) is 11.8. The lowest BCUT2D eigenvalue weighted by atomic mass is 9.99. The molecular weight excluding hydrogens is 302 g/mol. The second-order valence-corrected chi connectivity index (χ2v) is 7.06. The molecule has 2 fully saturated rings. The molecule has 2 aliphatic rings. The van der Waals surface area contributed by atoms with E-state index in [1.54, 1.807) is 0 Å². The third-order valence-electron chi connectivity index (χ3n) is 5.18. The van der Waals surface area contributed by atoms with Gasteiger partial charge < -0.3 is 9.42 Å². The van der Waals surface area contributed by atoms with Gasteiger partial charge in [0.25, 0.3) is 0 Å². The number of benzene rings is 1. The first-order valence-corrected chi connectivity index (χ1v) is 8.92. The summed E-state index contributed by atoms with van der Waals surface area (Å²) < 4.78 is 5.42. The van der Waals surface area contributed by atoms with Crippen molar-refractivity contribution in [3.05, 3.63) is 47.6 Å². The molecule has 1 aliphatic heterocycles. The third-order valence-corrected chi connectivity index (χ3v) is 5.18. The van der Waals surface area contributed by atoms with Crippen LogP contribution < -0.4 is 0 Å². The van der Waals surface area contributed by atoms with E-state index < -0.39 is 0 Å². The predicted octanol–water partition coefficient (Wildman–Crippen LogP) is 3.32. The van der Waals surface area contributed by atoms with E-state index in [0.29, 0.717) is 30.6 Å². The lowest BCUT2D eigenvalue weighted by Crippen LogP contribution is -2.25. The van der Waals surface area contributed by atoms with E-state index >= 15 is 0 Å². The monoisotopic (exact) mass is 325 g/mol. The minimum atomic E-state index is 0.197. The van der Waals surface area contributed by atoms with Crippen LogP contribution >= 0.6 is 0 Å². The molecule has 1 saturated heterocycles. The number of aromatic nitrogens is 2. The molecule has 1 saturated carbocycles. The van der Waals surface area contributed by atoms with Gasteiger partial charge in [-0.1, -0.05) is 48.3 Å². The topological polar surface area (TPSA) is 59.2 Å². The van der Waals surface area contributed by atoms with E-state index in [0.717, 1.165) is 31.7 Å². The summed E-state index contributed by atoms with van der Waals surface area (Å²) in [6.07, 6.45) is 6.33. The number of carbonyl (C=O) groups excluding carboxylic acids is 1. The molecule has 0 bridgehead atoms. The van der Waals surface area contributed by atoms with Crippen molar-refractivity contribution < 1.29 is 9.32 Å². The van der Waals surface area contributed by atoms with Crippen molar-refractivity contribution in [1.29, 1.82) is 0 Å². The summed E-state index contributed by atoms with van der Waals surface area (Å²) in [5.74, 6) is 2.40. The molecule has 1 aliphatic carbocycles. The van der Waals surface area contributed by atoms with Crippen LogP contribution in [0.2, 0.25) is 0 Å². The van der Waals surface area contributed by atoms with Crippen molar-refractivity contribution >= 4 is 5.91 Å². The number of hydrogen-bond acceptors (Lipinski definition) is 4. The standard InChI is InChI=1S/C19H23N3O2/c23-18-11-15(10-14-6-2-1-3-7-14)12-22(18)13-17-20-19(24-21-17)16-8-4-5-9-16/h1-3,6-7,15-16H,4-5,8-13H2. The highest BCUT2D eigenvalue weighted by Crippen LogP contribution is 2.33. The van der Waals surface area contributed by atoms with Crippen molar-refractivity contribution in [3.63, 3.8) is 0 Å². The van der Waals surface area contributed by atoms with Crippen molar-refractivity contribution in [2.24, 2.45) is 5.92 Å². The highest BCUT2D eigenvalue weighted by atomic mass is 16.5. The van der Waals surface area contributed by atoms with Gasteiger partial charge in [-0.15, -0.1) is 0 Å². The van der Waals surface area contributed by atoms with Crippen LogP contribution in [0, 0.1) is 5.92 Å². The maximum absolute atomic E-state index is 12.3. The van der Waals surface area contributed by atoms with E-state index in [-0.39, 0.29) is 5.91 Å². The van der Waals surface area contributed by atoms with Gasteiger partial charge in [0, 0.05) is 18.9 Å². The summed E-state index contributed by atoms with van der Waals surface area (Å²) in [7, 11) is 0. The fourth-order valence-corrected chi connectivity index (χ4v) is 3.93. The highest BCUT2D eigenvalue weighted by Gasteiger charge is 2.31. The van der Waals surface area contributed by atoms with Crippen molar-refractivity contribution in [3.8, 4) is 0 Å². The zero-order valence-corrected chi connectivity index (χ0v) is 13.9. The van der Waals surface area contributed by atoms with Crippen LogP contribution in [0.4, 0.5) is 0 Å². The Morgan fingerprint density at radius 1 is 1.17 bits per heavy atom. The Morgan fingerprint density at radius 2 is 1.96 bits per heavy atom. The molecule has 1 atom stereocenters. The Hall–Kier alpha value is -2.17. The second-order valence-electron chi connectivity index (χ2n) is 7.06. The highest BCUT2D eigenvalue weighted by molar-refractivity contribution is 5.78. The lowest BCUT2D eigenvalue weighted by Gasteiger charge is -2.14. The molecule has 1 aromatic carbocycles.